The number of hydrogen-bond donors (Lipinski definition) is 0. The number of halogens is 1. The van der Waals surface area contributed by atoms with Crippen molar-refractivity contribution in [3.05, 3.63) is 63.8 Å². The van der Waals surface area contributed by atoms with Crippen LogP contribution in [0.3, 0.4) is 0 Å². The Morgan fingerprint density at radius 3 is 2.56 bits per heavy atom. The van der Waals surface area contributed by atoms with Crippen LogP contribution in [0.25, 0.3) is 17.4 Å². The van der Waals surface area contributed by atoms with Crippen LogP contribution < -0.4 is 0 Å². The summed E-state index contributed by atoms with van der Waals surface area (Å²) in [4.78, 5) is 9.99. The molecule has 0 aliphatic rings. The van der Waals surface area contributed by atoms with Gasteiger partial charge < -0.3 is 4.42 Å². The lowest BCUT2D eigenvalue weighted by Crippen LogP contribution is -1.92. The summed E-state index contributed by atoms with van der Waals surface area (Å²) in [6, 6.07) is 9.15. The summed E-state index contributed by atoms with van der Waals surface area (Å²) in [5.41, 5.74) is 0.713. The summed E-state index contributed by atoms with van der Waals surface area (Å²) in [6.45, 7) is 1.39. The number of hydrogen-bond acceptors (Lipinski definition) is 3. The van der Waals surface area contributed by atoms with Crippen LogP contribution in [-0.2, 0) is 0 Å². The van der Waals surface area contributed by atoms with Crippen molar-refractivity contribution in [3.8, 4) is 11.3 Å². The molecule has 4 nitrogen and oxygen atoms in total. The molecular weight excluding hydrogens is 237 g/mol. The zero-order chi connectivity index (χ0) is 13.1. The van der Waals surface area contributed by atoms with E-state index >= 15 is 0 Å². The predicted molar refractivity (Wildman–Crippen MR) is 64.7 cm³/mol. The molecule has 0 aliphatic carbocycles. The quantitative estimate of drug-likeness (QED) is 0.613. The third kappa shape index (κ3) is 2.63. The number of allylic oxidation sites excluding steroid dienone is 1. The maximum atomic E-state index is 12.8. The van der Waals surface area contributed by atoms with Crippen LogP contribution in [-0.4, -0.2) is 4.92 Å². The van der Waals surface area contributed by atoms with Crippen molar-refractivity contribution in [2.45, 2.75) is 6.92 Å². The van der Waals surface area contributed by atoms with Crippen LogP contribution in [0.1, 0.15) is 12.7 Å². The highest BCUT2D eigenvalue weighted by atomic mass is 19.1. The highest BCUT2D eigenvalue weighted by Gasteiger charge is 2.07. The second-order valence-corrected chi connectivity index (χ2v) is 3.75. The second-order valence-electron chi connectivity index (χ2n) is 3.75. The highest BCUT2D eigenvalue weighted by molar-refractivity contribution is 5.59. The van der Waals surface area contributed by atoms with E-state index in [1.807, 2.05) is 0 Å². The van der Waals surface area contributed by atoms with Crippen LogP contribution in [0.4, 0.5) is 4.39 Å². The first kappa shape index (κ1) is 12.0. The topological polar surface area (TPSA) is 56.3 Å². The van der Waals surface area contributed by atoms with Crippen molar-refractivity contribution in [2.75, 3.05) is 0 Å². The largest absolute Gasteiger partial charge is 0.456 e. The Morgan fingerprint density at radius 2 is 1.94 bits per heavy atom. The Kier molecular flexibility index (Phi) is 3.23. The fourth-order valence-corrected chi connectivity index (χ4v) is 1.46. The summed E-state index contributed by atoms with van der Waals surface area (Å²) in [6.07, 6.45) is 1.34. The van der Waals surface area contributed by atoms with E-state index in [-0.39, 0.29) is 11.5 Å². The summed E-state index contributed by atoms with van der Waals surface area (Å²) < 4.78 is 18.2. The first-order valence-electron chi connectivity index (χ1n) is 5.25. The Balaban J connectivity index is 2.28. The third-order valence-corrected chi connectivity index (χ3v) is 2.39. The summed E-state index contributed by atoms with van der Waals surface area (Å²) in [5, 5.41) is 10.5. The van der Waals surface area contributed by atoms with Gasteiger partial charge in [-0.1, -0.05) is 0 Å². The number of rotatable bonds is 3. The van der Waals surface area contributed by atoms with Gasteiger partial charge in [-0.3, -0.25) is 10.1 Å². The predicted octanol–water partition coefficient (Wildman–Crippen LogP) is 3.72. The molecule has 0 saturated heterocycles. The smallest absolute Gasteiger partial charge is 0.246 e. The molecule has 1 aromatic carbocycles. The molecule has 2 rings (SSSR count). The van der Waals surface area contributed by atoms with Gasteiger partial charge in [-0.15, -0.1) is 0 Å². The van der Waals surface area contributed by atoms with Gasteiger partial charge in [0.05, 0.1) is 11.0 Å². The molecule has 0 atom stereocenters. The Bertz CT molecular complexity index is 599. The number of benzene rings is 1. The molecule has 0 N–H and O–H groups in total. The van der Waals surface area contributed by atoms with Crippen LogP contribution >= 0.6 is 0 Å². The maximum absolute atomic E-state index is 12.8. The van der Waals surface area contributed by atoms with Crippen molar-refractivity contribution in [2.24, 2.45) is 0 Å². The highest BCUT2D eigenvalue weighted by Crippen LogP contribution is 2.23. The van der Waals surface area contributed by atoms with Gasteiger partial charge in [0.25, 0.3) is 0 Å². The molecule has 0 fully saturated rings. The van der Waals surface area contributed by atoms with Gasteiger partial charge in [0.15, 0.2) is 0 Å². The first-order chi connectivity index (χ1) is 8.56. The Labute approximate surface area is 103 Å². The fraction of sp³-hybridized carbons (Fsp3) is 0.0769. The second kappa shape index (κ2) is 4.83. The van der Waals surface area contributed by atoms with Gasteiger partial charge >= 0.3 is 0 Å². The molecule has 0 radical (unpaired) electrons. The lowest BCUT2D eigenvalue weighted by atomic mass is 10.2. The Hall–Kier alpha value is -2.43. The first-order valence-corrected chi connectivity index (χ1v) is 5.25. The lowest BCUT2D eigenvalue weighted by molar-refractivity contribution is -0.422. The van der Waals surface area contributed by atoms with Gasteiger partial charge in [-0.25, -0.2) is 4.39 Å². The van der Waals surface area contributed by atoms with E-state index in [0.29, 0.717) is 11.5 Å². The molecule has 2 aromatic rings. The number of furan rings is 1. The lowest BCUT2D eigenvalue weighted by Gasteiger charge is -1.95. The van der Waals surface area contributed by atoms with Crippen molar-refractivity contribution < 1.29 is 13.7 Å². The van der Waals surface area contributed by atoms with E-state index in [4.69, 9.17) is 4.42 Å². The molecular formula is C13H10FNO3. The molecule has 18 heavy (non-hydrogen) atoms. The average molecular weight is 247 g/mol. The minimum atomic E-state index is -0.486. The van der Waals surface area contributed by atoms with E-state index in [1.54, 1.807) is 24.3 Å². The maximum Gasteiger partial charge on any atom is 0.246 e. The van der Waals surface area contributed by atoms with Crippen LogP contribution in [0, 0.1) is 15.9 Å². The molecule has 92 valence electrons. The molecule has 1 aromatic heterocycles. The SMILES string of the molecule is C/C(=C\c1ccc(-c2ccc(F)cc2)o1)[N+](=O)[O-]. The summed E-state index contributed by atoms with van der Waals surface area (Å²) >= 11 is 0. The molecule has 5 heteroatoms. The summed E-state index contributed by atoms with van der Waals surface area (Å²) in [5.74, 6) is 0.607. The standard InChI is InChI=1S/C13H10FNO3/c1-9(15(16)17)8-12-6-7-13(18-12)10-2-4-11(14)5-3-10/h2-8H,1H3/b9-8+. The van der Waals surface area contributed by atoms with Crippen molar-refractivity contribution >= 4 is 6.08 Å². The zero-order valence-corrected chi connectivity index (χ0v) is 9.59. The van der Waals surface area contributed by atoms with Crippen molar-refractivity contribution in [3.63, 3.8) is 0 Å². The van der Waals surface area contributed by atoms with Crippen molar-refractivity contribution in [1.29, 1.82) is 0 Å². The minimum absolute atomic E-state index is 0.00462. The number of nitrogens with zero attached hydrogens (tertiary/aromatic N) is 1. The molecule has 0 bridgehead atoms. The van der Waals surface area contributed by atoms with Gasteiger partial charge in [0.2, 0.25) is 5.70 Å². The van der Waals surface area contributed by atoms with Crippen LogP contribution in [0.2, 0.25) is 0 Å². The van der Waals surface area contributed by atoms with Gasteiger partial charge in [0, 0.05) is 12.5 Å². The van der Waals surface area contributed by atoms with Gasteiger partial charge in [-0.05, 0) is 36.4 Å². The third-order valence-electron chi connectivity index (χ3n) is 2.39. The molecule has 0 aliphatic heterocycles. The van der Waals surface area contributed by atoms with Gasteiger partial charge in [-0.2, -0.15) is 0 Å². The number of nitro groups is 1. The van der Waals surface area contributed by atoms with E-state index in [9.17, 15) is 14.5 Å². The minimum Gasteiger partial charge on any atom is -0.456 e. The van der Waals surface area contributed by atoms with E-state index in [0.717, 1.165) is 5.56 Å². The monoisotopic (exact) mass is 247 g/mol. The van der Waals surface area contributed by atoms with Crippen LogP contribution in [0.5, 0.6) is 0 Å². The van der Waals surface area contributed by atoms with E-state index in [2.05, 4.69) is 0 Å². The fourth-order valence-electron chi connectivity index (χ4n) is 1.46. The van der Waals surface area contributed by atoms with Crippen molar-refractivity contribution in [1.82, 2.24) is 0 Å². The van der Waals surface area contributed by atoms with Crippen LogP contribution in [0.15, 0.2) is 46.5 Å². The molecule has 0 saturated carbocycles. The molecule has 0 amide bonds. The Morgan fingerprint density at radius 1 is 1.28 bits per heavy atom. The zero-order valence-electron chi connectivity index (χ0n) is 9.59. The van der Waals surface area contributed by atoms with E-state index in [1.165, 1.54) is 25.1 Å². The molecule has 0 unspecified atom stereocenters. The van der Waals surface area contributed by atoms with Gasteiger partial charge in [0.1, 0.15) is 17.3 Å². The molecule has 1 heterocycles. The summed E-state index contributed by atoms with van der Waals surface area (Å²) in [7, 11) is 0. The average Bonchev–Trinajstić information content (AvgIpc) is 2.78. The normalized spacial score (nSPS) is 11.6. The molecule has 0 spiro atoms. The van der Waals surface area contributed by atoms with E-state index < -0.39 is 4.92 Å².